The van der Waals surface area contributed by atoms with Crippen LogP contribution in [-0.4, -0.2) is 23.4 Å². The minimum atomic E-state index is -2.62. The summed E-state index contributed by atoms with van der Waals surface area (Å²) >= 11 is 0. The molecule has 0 radical (unpaired) electrons. The zero-order valence-corrected chi connectivity index (χ0v) is 12.3. The standard InChI is InChI=1S/C14H19BF2O3/c1-8-6-9(12(16)17)7-10(18)11(8)15-19-13(2,3)14(4,5)20-15/h6-7,12,18H,1-5H3. The maximum absolute atomic E-state index is 12.7. The van der Waals surface area contributed by atoms with Crippen molar-refractivity contribution in [3.63, 3.8) is 0 Å². The first kappa shape index (κ1) is 15.3. The summed E-state index contributed by atoms with van der Waals surface area (Å²) in [7, 11) is -0.758. The summed E-state index contributed by atoms with van der Waals surface area (Å²) in [6, 6.07) is 2.42. The minimum absolute atomic E-state index is 0.208. The molecular weight excluding hydrogens is 265 g/mol. The molecule has 0 aliphatic carbocycles. The molecule has 0 amide bonds. The van der Waals surface area contributed by atoms with Gasteiger partial charge in [-0.15, -0.1) is 0 Å². The van der Waals surface area contributed by atoms with Gasteiger partial charge >= 0.3 is 7.12 Å². The SMILES string of the molecule is Cc1cc(C(F)F)cc(O)c1B1OC(C)(C)C(C)(C)O1. The van der Waals surface area contributed by atoms with E-state index in [2.05, 4.69) is 0 Å². The Morgan fingerprint density at radius 2 is 1.60 bits per heavy atom. The van der Waals surface area contributed by atoms with Gasteiger partial charge in [-0.05, 0) is 46.2 Å². The van der Waals surface area contributed by atoms with Gasteiger partial charge in [0.2, 0.25) is 0 Å². The van der Waals surface area contributed by atoms with E-state index in [1.807, 2.05) is 27.7 Å². The van der Waals surface area contributed by atoms with Gasteiger partial charge in [-0.3, -0.25) is 0 Å². The van der Waals surface area contributed by atoms with Crippen molar-refractivity contribution < 1.29 is 23.2 Å². The Bertz CT molecular complexity index is 490. The second-order valence-electron chi connectivity index (χ2n) is 6.16. The fraction of sp³-hybridized carbons (Fsp3) is 0.571. The molecule has 1 aromatic carbocycles. The number of halogens is 2. The minimum Gasteiger partial charge on any atom is -0.508 e. The number of aryl methyl sites for hydroxylation is 1. The quantitative estimate of drug-likeness (QED) is 0.849. The van der Waals surface area contributed by atoms with Gasteiger partial charge in [0.25, 0.3) is 6.43 Å². The first-order valence-corrected chi connectivity index (χ1v) is 6.52. The van der Waals surface area contributed by atoms with Gasteiger partial charge in [-0.2, -0.15) is 0 Å². The molecule has 0 spiro atoms. The molecule has 0 saturated carbocycles. The second-order valence-corrected chi connectivity index (χ2v) is 6.16. The van der Waals surface area contributed by atoms with Crippen molar-refractivity contribution >= 4 is 12.6 Å². The number of benzene rings is 1. The topological polar surface area (TPSA) is 38.7 Å². The highest BCUT2D eigenvalue weighted by atomic mass is 19.3. The van der Waals surface area contributed by atoms with Gasteiger partial charge in [0.1, 0.15) is 5.75 Å². The number of aromatic hydroxyl groups is 1. The van der Waals surface area contributed by atoms with E-state index in [1.165, 1.54) is 6.07 Å². The fourth-order valence-electron chi connectivity index (χ4n) is 2.20. The van der Waals surface area contributed by atoms with E-state index in [0.717, 1.165) is 6.07 Å². The van der Waals surface area contributed by atoms with E-state index < -0.39 is 24.7 Å². The van der Waals surface area contributed by atoms with E-state index in [9.17, 15) is 13.9 Å². The highest BCUT2D eigenvalue weighted by Crippen LogP contribution is 2.37. The lowest BCUT2D eigenvalue weighted by Gasteiger charge is -2.32. The third-order valence-corrected chi connectivity index (χ3v) is 4.13. The Hall–Kier alpha value is -1.14. The van der Waals surface area contributed by atoms with E-state index in [0.29, 0.717) is 11.0 Å². The molecule has 6 heteroatoms. The highest BCUT2D eigenvalue weighted by molar-refractivity contribution is 6.63. The van der Waals surface area contributed by atoms with Crippen LogP contribution in [0.4, 0.5) is 8.78 Å². The lowest BCUT2D eigenvalue weighted by Crippen LogP contribution is -2.41. The predicted molar refractivity (Wildman–Crippen MR) is 73.5 cm³/mol. The van der Waals surface area contributed by atoms with Crippen LogP contribution in [0.25, 0.3) is 0 Å². The summed E-state index contributed by atoms with van der Waals surface area (Å²) in [6.07, 6.45) is -2.62. The Labute approximate surface area is 118 Å². The van der Waals surface area contributed by atoms with Crippen molar-refractivity contribution in [2.24, 2.45) is 0 Å². The molecule has 3 nitrogen and oxygen atoms in total. The molecule has 0 aromatic heterocycles. The number of rotatable bonds is 2. The summed E-state index contributed by atoms with van der Waals surface area (Å²) in [4.78, 5) is 0. The maximum Gasteiger partial charge on any atom is 0.498 e. The van der Waals surface area contributed by atoms with E-state index in [-0.39, 0.29) is 11.3 Å². The van der Waals surface area contributed by atoms with Crippen molar-refractivity contribution in [2.75, 3.05) is 0 Å². The predicted octanol–water partition coefficient (Wildman–Crippen LogP) is 2.94. The van der Waals surface area contributed by atoms with Crippen LogP contribution in [0.3, 0.4) is 0 Å². The zero-order chi connectivity index (χ0) is 15.3. The summed E-state index contributed by atoms with van der Waals surface area (Å²) in [5, 5.41) is 10.0. The Morgan fingerprint density at radius 1 is 1.10 bits per heavy atom. The van der Waals surface area contributed by atoms with Crippen LogP contribution in [-0.2, 0) is 9.31 Å². The first-order chi connectivity index (χ1) is 9.05. The summed E-state index contributed by atoms with van der Waals surface area (Å²) in [6.45, 7) is 9.24. The van der Waals surface area contributed by atoms with E-state index >= 15 is 0 Å². The number of alkyl halides is 2. The van der Waals surface area contributed by atoms with Crippen LogP contribution >= 0.6 is 0 Å². The van der Waals surface area contributed by atoms with Crippen LogP contribution < -0.4 is 5.46 Å². The maximum atomic E-state index is 12.7. The summed E-state index contributed by atoms with van der Waals surface area (Å²) in [5.74, 6) is -0.223. The van der Waals surface area contributed by atoms with Crippen LogP contribution in [0.1, 0.15) is 45.2 Å². The average Bonchev–Trinajstić information content (AvgIpc) is 2.46. The van der Waals surface area contributed by atoms with E-state index in [4.69, 9.17) is 9.31 Å². The summed E-state index contributed by atoms with van der Waals surface area (Å²) in [5.41, 5.74) is -0.359. The largest absolute Gasteiger partial charge is 0.508 e. The van der Waals surface area contributed by atoms with Gasteiger partial charge in [0.15, 0.2) is 0 Å². The monoisotopic (exact) mass is 284 g/mol. The van der Waals surface area contributed by atoms with Gasteiger partial charge in [0.05, 0.1) is 11.2 Å². The third kappa shape index (κ3) is 2.42. The van der Waals surface area contributed by atoms with Gasteiger partial charge in [-0.1, -0.05) is 6.07 Å². The van der Waals surface area contributed by atoms with Crippen LogP contribution in [0, 0.1) is 6.92 Å². The number of phenolic OH excluding ortho intramolecular Hbond substituents is 1. The van der Waals surface area contributed by atoms with Crippen molar-refractivity contribution in [3.8, 4) is 5.75 Å². The van der Waals surface area contributed by atoms with Crippen LogP contribution in [0.15, 0.2) is 12.1 Å². The molecule has 1 heterocycles. The van der Waals surface area contributed by atoms with Crippen LogP contribution in [0.5, 0.6) is 5.75 Å². The molecular formula is C14H19BF2O3. The molecule has 1 aliphatic heterocycles. The molecule has 110 valence electrons. The lowest BCUT2D eigenvalue weighted by atomic mass is 9.75. The molecule has 1 aromatic rings. The molecule has 0 atom stereocenters. The van der Waals surface area contributed by atoms with Crippen molar-refractivity contribution in [1.29, 1.82) is 0 Å². The second kappa shape index (κ2) is 4.70. The third-order valence-electron chi connectivity index (χ3n) is 4.13. The molecule has 0 unspecified atom stereocenters. The molecule has 2 rings (SSSR count). The van der Waals surface area contributed by atoms with Crippen molar-refractivity contribution in [1.82, 2.24) is 0 Å². The van der Waals surface area contributed by atoms with Crippen LogP contribution in [0.2, 0.25) is 0 Å². The highest BCUT2D eigenvalue weighted by Gasteiger charge is 2.52. The zero-order valence-electron chi connectivity index (χ0n) is 12.3. The summed E-state index contributed by atoms with van der Waals surface area (Å²) < 4.78 is 37.1. The molecule has 1 fully saturated rings. The molecule has 1 saturated heterocycles. The fourth-order valence-corrected chi connectivity index (χ4v) is 2.20. The van der Waals surface area contributed by atoms with E-state index in [1.54, 1.807) is 6.92 Å². The number of hydrogen-bond acceptors (Lipinski definition) is 3. The molecule has 1 N–H and O–H groups in total. The Balaban J connectivity index is 2.41. The van der Waals surface area contributed by atoms with Gasteiger partial charge in [0, 0.05) is 11.0 Å². The smallest absolute Gasteiger partial charge is 0.498 e. The van der Waals surface area contributed by atoms with Crippen molar-refractivity contribution in [2.45, 2.75) is 52.2 Å². The molecule has 20 heavy (non-hydrogen) atoms. The molecule has 1 aliphatic rings. The number of hydrogen-bond donors (Lipinski definition) is 1. The van der Waals surface area contributed by atoms with Gasteiger partial charge < -0.3 is 14.4 Å². The van der Waals surface area contributed by atoms with Crippen molar-refractivity contribution in [3.05, 3.63) is 23.3 Å². The first-order valence-electron chi connectivity index (χ1n) is 6.52. The Morgan fingerprint density at radius 3 is 2.00 bits per heavy atom. The number of phenols is 1. The normalized spacial score (nSPS) is 20.7. The Kier molecular flexibility index (Phi) is 3.59. The molecule has 0 bridgehead atoms. The average molecular weight is 284 g/mol. The lowest BCUT2D eigenvalue weighted by molar-refractivity contribution is 0.00578. The van der Waals surface area contributed by atoms with Gasteiger partial charge in [-0.25, -0.2) is 8.78 Å².